The first-order chi connectivity index (χ1) is 8.47. The number of para-hydroxylation sites is 1. The second-order valence-electron chi connectivity index (χ2n) is 3.76. The highest BCUT2D eigenvalue weighted by Crippen LogP contribution is 2.03. The van der Waals surface area contributed by atoms with Crippen LogP contribution in [0.3, 0.4) is 0 Å². The third-order valence-electron chi connectivity index (χ3n) is 2.01. The van der Waals surface area contributed by atoms with Gasteiger partial charge in [0.25, 0.3) is 0 Å². The SMILES string of the molecule is CS(=O)(=O)NCCNCC(=O)Nc1ccccc1. The third kappa shape index (κ3) is 7.00. The van der Waals surface area contributed by atoms with E-state index >= 15 is 0 Å². The maximum absolute atomic E-state index is 11.5. The fourth-order valence-electron chi connectivity index (χ4n) is 1.25. The van der Waals surface area contributed by atoms with E-state index < -0.39 is 10.0 Å². The van der Waals surface area contributed by atoms with Crippen molar-refractivity contribution in [2.24, 2.45) is 0 Å². The molecule has 0 heterocycles. The molecule has 1 rings (SSSR count). The maximum atomic E-state index is 11.5. The van der Waals surface area contributed by atoms with Gasteiger partial charge in [-0.25, -0.2) is 13.1 Å². The van der Waals surface area contributed by atoms with Gasteiger partial charge in [-0.15, -0.1) is 0 Å². The Labute approximate surface area is 107 Å². The number of carbonyl (C=O) groups is 1. The molecule has 1 aromatic rings. The average molecular weight is 271 g/mol. The zero-order chi connectivity index (χ0) is 13.4. The summed E-state index contributed by atoms with van der Waals surface area (Å²) < 4.78 is 23.8. The Morgan fingerprint density at radius 2 is 1.83 bits per heavy atom. The summed E-state index contributed by atoms with van der Waals surface area (Å²) in [5.74, 6) is -0.166. The Balaban J connectivity index is 2.15. The van der Waals surface area contributed by atoms with Crippen LogP contribution >= 0.6 is 0 Å². The molecule has 1 aromatic carbocycles. The van der Waals surface area contributed by atoms with Crippen molar-refractivity contribution in [3.63, 3.8) is 0 Å². The predicted octanol–water partition coefficient (Wildman–Crippen LogP) is -0.236. The van der Waals surface area contributed by atoms with Gasteiger partial charge in [-0.3, -0.25) is 4.79 Å². The van der Waals surface area contributed by atoms with E-state index in [1.54, 1.807) is 12.1 Å². The highest BCUT2D eigenvalue weighted by atomic mass is 32.2. The summed E-state index contributed by atoms with van der Waals surface area (Å²) in [6.45, 7) is 0.799. The number of sulfonamides is 1. The van der Waals surface area contributed by atoms with E-state index in [1.165, 1.54) is 0 Å². The van der Waals surface area contributed by atoms with Gasteiger partial charge >= 0.3 is 0 Å². The molecular weight excluding hydrogens is 254 g/mol. The Hall–Kier alpha value is -1.44. The molecule has 0 unspecified atom stereocenters. The zero-order valence-electron chi connectivity index (χ0n) is 10.1. The number of anilines is 1. The van der Waals surface area contributed by atoms with Crippen molar-refractivity contribution < 1.29 is 13.2 Å². The molecule has 0 bridgehead atoms. The Kier molecular flexibility index (Phi) is 5.76. The van der Waals surface area contributed by atoms with E-state index in [0.717, 1.165) is 11.9 Å². The van der Waals surface area contributed by atoms with Gasteiger partial charge in [0.05, 0.1) is 12.8 Å². The van der Waals surface area contributed by atoms with Gasteiger partial charge in [-0.2, -0.15) is 0 Å². The van der Waals surface area contributed by atoms with Gasteiger partial charge in [-0.05, 0) is 12.1 Å². The lowest BCUT2D eigenvalue weighted by atomic mass is 10.3. The molecule has 0 saturated heterocycles. The van der Waals surface area contributed by atoms with Gasteiger partial charge in [0.2, 0.25) is 15.9 Å². The Bertz CT molecular complexity index is 474. The normalized spacial score (nSPS) is 11.2. The molecule has 0 aliphatic heterocycles. The highest BCUT2D eigenvalue weighted by molar-refractivity contribution is 7.88. The van der Waals surface area contributed by atoms with Crippen LogP contribution in [-0.4, -0.2) is 40.2 Å². The van der Waals surface area contributed by atoms with Crippen LogP contribution in [0.1, 0.15) is 0 Å². The van der Waals surface area contributed by atoms with Crippen molar-refractivity contribution in [3.05, 3.63) is 30.3 Å². The standard InChI is InChI=1S/C11H17N3O3S/c1-18(16,17)13-8-7-12-9-11(15)14-10-5-3-2-4-6-10/h2-6,12-13H,7-9H2,1H3,(H,14,15). The molecule has 0 fully saturated rings. The molecule has 100 valence electrons. The summed E-state index contributed by atoms with van der Waals surface area (Å²) in [6, 6.07) is 9.12. The molecule has 6 nitrogen and oxygen atoms in total. The van der Waals surface area contributed by atoms with Crippen molar-refractivity contribution >= 4 is 21.6 Å². The highest BCUT2D eigenvalue weighted by Gasteiger charge is 2.02. The quantitative estimate of drug-likeness (QED) is 0.598. The van der Waals surface area contributed by atoms with Gasteiger partial charge in [0, 0.05) is 18.8 Å². The molecule has 0 atom stereocenters. The minimum Gasteiger partial charge on any atom is -0.325 e. The van der Waals surface area contributed by atoms with E-state index in [4.69, 9.17) is 0 Å². The summed E-state index contributed by atoms with van der Waals surface area (Å²) in [7, 11) is -3.16. The number of carbonyl (C=O) groups excluding carboxylic acids is 1. The fraction of sp³-hybridized carbons (Fsp3) is 0.364. The minimum atomic E-state index is -3.16. The molecule has 3 N–H and O–H groups in total. The minimum absolute atomic E-state index is 0.139. The van der Waals surface area contributed by atoms with Crippen LogP contribution in [-0.2, 0) is 14.8 Å². The van der Waals surface area contributed by atoms with Crippen LogP contribution in [0.15, 0.2) is 30.3 Å². The Morgan fingerprint density at radius 3 is 2.44 bits per heavy atom. The first-order valence-electron chi connectivity index (χ1n) is 5.47. The molecule has 18 heavy (non-hydrogen) atoms. The van der Waals surface area contributed by atoms with Crippen molar-refractivity contribution in [2.45, 2.75) is 0 Å². The topological polar surface area (TPSA) is 87.3 Å². The number of benzene rings is 1. The average Bonchev–Trinajstić information content (AvgIpc) is 2.28. The van der Waals surface area contributed by atoms with E-state index in [9.17, 15) is 13.2 Å². The maximum Gasteiger partial charge on any atom is 0.238 e. The van der Waals surface area contributed by atoms with Crippen LogP contribution in [0.2, 0.25) is 0 Å². The molecular formula is C11H17N3O3S. The number of hydrogen-bond acceptors (Lipinski definition) is 4. The first kappa shape index (κ1) is 14.6. The van der Waals surface area contributed by atoms with Crippen LogP contribution in [0, 0.1) is 0 Å². The van der Waals surface area contributed by atoms with Gasteiger partial charge in [0.15, 0.2) is 0 Å². The van der Waals surface area contributed by atoms with E-state index in [0.29, 0.717) is 6.54 Å². The van der Waals surface area contributed by atoms with Crippen LogP contribution < -0.4 is 15.4 Å². The third-order valence-corrected chi connectivity index (χ3v) is 2.74. The predicted molar refractivity (Wildman–Crippen MR) is 70.8 cm³/mol. The summed E-state index contributed by atoms with van der Waals surface area (Å²) in [4.78, 5) is 11.5. The molecule has 0 spiro atoms. The van der Waals surface area contributed by atoms with Crippen molar-refractivity contribution in [2.75, 3.05) is 31.2 Å². The second-order valence-corrected chi connectivity index (χ2v) is 5.59. The van der Waals surface area contributed by atoms with E-state index in [-0.39, 0.29) is 19.0 Å². The zero-order valence-corrected chi connectivity index (χ0v) is 11.0. The number of nitrogens with one attached hydrogen (secondary N) is 3. The summed E-state index contributed by atoms with van der Waals surface area (Å²) >= 11 is 0. The van der Waals surface area contributed by atoms with Gasteiger partial charge < -0.3 is 10.6 Å². The molecule has 0 saturated carbocycles. The summed E-state index contributed by atoms with van der Waals surface area (Å²) in [5.41, 5.74) is 0.735. The van der Waals surface area contributed by atoms with Gasteiger partial charge in [-0.1, -0.05) is 18.2 Å². The van der Waals surface area contributed by atoms with Crippen LogP contribution in [0.4, 0.5) is 5.69 Å². The van der Waals surface area contributed by atoms with E-state index in [1.807, 2.05) is 18.2 Å². The van der Waals surface area contributed by atoms with Crippen molar-refractivity contribution in [1.29, 1.82) is 0 Å². The largest absolute Gasteiger partial charge is 0.325 e. The Morgan fingerprint density at radius 1 is 1.17 bits per heavy atom. The monoisotopic (exact) mass is 271 g/mol. The summed E-state index contributed by atoms with van der Waals surface area (Å²) in [6.07, 6.45) is 1.09. The molecule has 0 aromatic heterocycles. The van der Waals surface area contributed by atoms with E-state index in [2.05, 4.69) is 15.4 Å². The second kappa shape index (κ2) is 7.10. The molecule has 0 aliphatic rings. The lowest BCUT2D eigenvalue weighted by molar-refractivity contribution is -0.115. The lowest BCUT2D eigenvalue weighted by Crippen LogP contribution is -2.35. The molecule has 0 radical (unpaired) electrons. The fourth-order valence-corrected chi connectivity index (χ4v) is 1.73. The first-order valence-corrected chi connectivity index (χ1v) is 7.37. The van der Waals surface area contributed by atoms with Crippen molar-refractivity contribution in [3.8, 4) is 0 Å². The number of amides is 1. The summed E-state index contributed by atoms with van der Waals surface area (Å²) in [5, 5.41) is 5.55. The van der Waals surface area contributed by atoms with Crippen LogP contribution in [0.5, 0.6) is 0 Å². The van der Waals surface area contributed by atoms with Crippen LogP contribution in [0.25, 0.3) is 0 Å². The lowest BCUT2D eigenvalue weighted by Gasteiger charge is -2.06. The van der Waals surface area contributed by atoms with Crippen molar-refractivity contribution in [1.82, 2.24) is 10.0 Å². The number of rotatable bonds is 7. The molecule has 0 aliphatic carbocycles. The molecule has 1 amide bonds. The molecule has 7 heteroatoms. The van der Waals surface area contributed by atoms with Gasteiger partial charge in [0.1, 0.15) is 0 Å². The number of hydrogen-bond donors (Lipinski definition) is 3. The smallest absolute Gasteiger partial charge is 0.238 e.